The summed E-state index contributed by atoms with van der Waals surface area (Å²) in [7, 11) is 0. The van der Waals surface area contributed by atoms with Gasteiger partial charge in [-0.2, -0.15) is 0 Å². The molecule has 0 heterocycles. The van der Waals surface area contributed by atoms with Crippen LogP contribution in [0.1, 0.15) is 95.9 Å². The summed E-state index contributed by atoms with van der Waals surface area (Å²) in [4.78, 5) is 0. The van der Waals surface area contributed by atoms with Crippen LogP contribution in [0.15, 0.2) is 24.3 Å². The van der Waals surface area contributed by atoms with Gasteiger partial charge in [0, 0.05) is 68.2 Å². The van der Waals surface area contributed by atoms with Gasteiger partial charge in [0.1, 0.15) is 79.3 Å². The molecule has 0 fully saturated rings. The van der Waals surface area contributed by atoms with Crippen LogP contribution in [0.25, 0.3) is 0 Å². The maximum atomic E-state index is 6.49. The predicted octanol–water partition coefficient (Wildman–Crippen LogP) is 8.75. The van der Waals surface area contributed by atoms with Crippen LogP contribution < -0.4 is 56.8 Å². The highest BCUT2D eigenvalue weighted by Crippen LogP contribution is 2.59. The van der Waals surface area contributed by atoms with Crippen molar-refractivity contribution in [1.29, 1.82) is 0 Å². The van der Waals surface area contributed by atoms with Crippen LogP contribution in [0.2, 0.25) is 0 Å². The minimum Gasteiger partial charge on any atom is -0.477 e. The van der Waals surface area contributed by atoms with Gasteiger partial charge < -0.3 is 56.8 Å². The normalized spacial score (nSPS) is 14.2. The second kappa shape index (κ2) is 30.1. The Morgan fingerprint density at radius 3 is 0.412 bits per heavy atom. The van der Waals surface area contributed by atoms with Crippen LogP contribution >= 0.6 is 0 Å². The molecule has 0 aromatic heterocycles. The summed E-state index contributed by atoms with van der Waals surface area (Å²) >= 11 is 0. The van der Waals surface area contributed by atoms with Gasteiger partial charge in [0.25, 0.3) is 0 Å². The van der Waals surface area contributed by atoms with Crippen molar-refractivity contribution in [2.75, 3.05) is 79.3 Å². The predicted molar refractivity (Wildman–Crippen MR) is 308 cm³/mol. The Bertz CT molecular complexity index is 2840. The van der Waals surface area contributed by atoms with E-state index in [1.165, 1.54) is 0 Å². The highest BCUT2D eigenvalue weighted by atomic mass is 16.6. The quantitative estimate of drug-likeness (QED) is 0.0627. The maximum absolute atomic E-state index is 6.49. The molecule has 0 radical (unpaired) electrons. The van der Waals surface area contributed by atoms with Gasteiger partial charge in [-0.25, -0.2) is 0 Å². The molecule has 0 amide bonds. The SMILES string of the molecule is C#CCOc1c2cc(c(OCC#C)c1OCC#C)C(C)c1cc(c(OCC#C)c(OCC#C)c1OCC#C)C(C)c1cc(c(OCC#C)c(OCC#C)c1OCC#C)C(C)c1cc(c(OCC#C)c(OCC#C)c1OCC#C)C2C. The van der Waals surface area contributed by atoms with E-state index in [1.54, 1.807) is 0 Å². The fourth-order valence-electron chi connectivity index (χ4n) is 8.98. The van der Waals surface area contributed by atoms with E-state index in [-0.39, 0.29) is 148 Å². The summed E-state index contributed by atoms with van der Waals surface area (Å²) in [5.74, 6) is 28.6. The standard InChI is InChI=1S/C68H56O12/c1-17-29-69-57-49-41-50(58(70-30-18-2)65(57)77-37-25-9)46(14)53-43-54(62(74-34-22-6)67(79-39-27-11)61(53)73-33-21-5)48(16)56-44-55(63(75-35-23-7)68(80-40-28-12)64(56)76-36-24-8)47(15)52-42-51(45(49)13)59(71-31-19-3)66(78-38-26-10)60(52)72-32-20-4/h1-12,41-48H,29-40H2,13-16H3. The average molecular weight is 1070 g/mol. The molecule has 4 aromatic carbocycles. The second-order valence-corrected chi connectivity index (χ2v) is 17.0. The largest absolute Gasteiger partial charge is 0.477 e. The van der Waals surface area contributed by atoms with Gasteiger partial charge in [0.15, 0.2) is 46.0 Å². The molecule has 4 aromatic rings. The van der Waals surface area contributed by atoms with E-state index < -0.39 is 23.7 Å². The topological polar surface area (TPSA) is 111 Å². The molecular formula is C68H56O12. The molecule has 12 heteroatoms. The van der Waals surface area contributed by atoms with Crippen LogP contribution in [-0.4, -0.2) is 79.3 Å². The highest BCUT2D eigenvalue weighted by molar-refractivity contribution is 5.73. The van der Waals surface area contributed by atoms with Gasteiger partial charge in [0.2, 0.25) is 23.0 Å². The van der Waals surface area contributed by atoms with Crippen molar-refractivity contribution in [3.05, 3.63) is 68.8 Å². The lowest BCUT2D eigenvalue weighted by molar-refractivity contribution is 0.275. The minimum atomic E-state index is -0.811. The van der Waals surface area contributed by atoms with Crippen LogP contribution in [0.5, 0.6) is 69.0 Å². The molecule has 5 rings (SSSR count). The van der Waals surface area contributed by atoms with Gasteiger partial charge in [-0.05, 0) is 24.3 Å². The number of terminal acetylenes is 12. The average Bonchev–Trinajstić information content (AvgIpc) is 3.51. The van der Waals surface area contributed by atoms with Gasteiger partial charge >= 0.3 is 0 Å². The van der Waals surface area contributed by atoms with Gasteiger partial charge in [0.05, 0.1) is 0 Å². The Morgan fingerprint density at radius 2 is 0.312 bits per heavy atom. The molecule has 1 aliphatic rings. The van der Waals surface area contributed by atoms with Gasteiger partial charge in [-0.15, -0.1) is 77.1 Å². The van der Waals surface area contributed by atoms with Gasteiger partial charge in [-0.1, -0.05) is 98.7 Å². The number of hydrogen-bond acceptors (Lipinski definition) is 12. The van der Waals surface area contributed by atoms with E-state index in [2.05, 4.69) is 71.0 Å². The Hall–Kier alpha value is -10.8. The molecule has 0 N–H and O–H groups in total. The lowest BCUT2D eigenvalue weighted by atomic mass is 9.80. The summed E-state index contributed by atoms with van der Waals surface area (Å²) in [5.41, 5.74) is 3.64. The lowest BCUT2D eigenvalue weighted by Gasteiger charge is -2.31. The molecule has 1 aliphatic carbocycles. The van der Waals surface area contributed by atoms with Gasteiger partial charge in [-0.3, -0.25) is 0 Å². The minimum absolute atomic E-state index is 0.0516. The molecule has 400 valence electrons. The third-order valence-corrected chi connectivity index (χ3v) is 12.3. The molecule has 0 unspecified atom stereocenters. The zero-order valence-electron chi connectivity index (χ0n) is 44.9. The van der Waals surface area contributed by atoms with Crippen LogP contribution in [0.3, 0.4) is 0 Å². The lowest BCUT2D eigenvalue weighted by Crippen LogP contribution is -2.17. The van der Waals surface area contributed by atoms with Crippen molar-refractivity contribution in [1.82, 2.24) is 0 Å². The summed E-state index contributed by atoms with van der Waals surface area (Å²) in [5, 5.41) is 0. The van der Waals surface area contributed by atoms with E-state index in [4.69, 9.17) is 134 Å². The first-order valence-electron chi connectivity index (χ1n) is 24.5. The Labute approximate surface area is 471 Å². The summed E-state index contributed by atoms with van der Waals surface area (Å²) in [6, 6.07) is 7.42. The van der Waals surface area contributed by atoms with Crippen molar-refractivity contribution >= 4 is 0 Å². The maximum Gasteiger partial charge on any atom is 0.205 e. The third-order valence-electron chi connectivity index (χ3n) is 12.3. The second-order valence-electron chi connectivity index (χ2n) is 17.0. The van der Waals surface area contributed by atoms with Crippen LogP contribution in [0.4, 0.5) is 0 Å². The molecule has 0 aliphatic heterocycles. The third kappa shape index (κ3) is 13.2. The van der Waals surface area contributed by atoms with Crippen molar-refractivity contribution < 1.29 is 56.8 Å². The molecule has 80 heavy (non-hydrogen) atoms. The fraction of sp³-hybridized carbons (Fsp3) is 0.294. The van der Waals surface area contributed by atoms with Crippen LogP contribution in [0, 0.1) is 148 Å². The fourth-order valence-corrected chi connectivity index (χ4v) is 8.98. The molecule has 12 nitrogen and oxygen atoms in total. The summed E-state index contributed by atoms with van der Waals surface area (Å²) in [6.07, 6.45) is 70.8. The molecule has 8 bridgehead atoms. The number of benzene rings is 4. The van der Waals surface area contributed by atoms with E-state index in [0.717, 1.165) is 0 Å². The first-order valence-corrected chi connectivity index (χ1v) is 24.5. The Morgan fingerprint density at radius 1 is 0.212 bits per heavy atom. The number of fused-ring (bicyclic) bond motifs is 8. The van der Waals surface area contributed by atoms with Crippen molar-refractivity contribution in [3.8, 4) is 217 Å². The van der Waals surface area contributed by atoms with E-state index in [9.17, 15) is 0 Å². The molecule has 0 spiro atoms. The number of ether oxygens (including phenoxy) is 12. The molecule has 0 saturated heterocycles. The number of rotatable bonds is 24. The monoisotopic (exact) mass is 1060 g/mol. The summed E-state index contributed by atoms with van der Waals surface area (Å²) < 4.78 is 77.7. The van der Waals surface area contributed by atoms with E-state index >= 15 is 0 Å². The first kappa shape index (κ1) is 60.1. The van der Waals surface area contributed by atoms with Crippen molar-refractivity contribution in [2.45, 2.75) is 51.4 Å². The number of hydrogen-bond donors (Lipinski definition) is 0. The van der Waals surface area contributed by atoms with E-state index in [0.29, 0.717) is 44.5 Å². The first-order chi connectivity index (χ1) is 39.0. The smallest absolute Gasteiger partial charge is 0.205 e. The molecule has 0 atom stereocenters. The summed E-state index contributed by atoms with van der Waals surface area (Å²) in [6.45, 7) is 4.48. The van der Waals surface area contributed by atoms with Crippen molar-refractivity contribution in [3.63, 3.8) is 0 Å². The Balaban J connectivity index is 2.30. The zero-order valence-corrected chi connectivity index (χ0v) is 44.9. The zero-order chi connectivity index (χ0) is 58.1. The Kier molecular flexibility index (Phi) is 22.6. The highest BCUT2D eigenvalue weighted by Gasteiger charge is 2.38. The molecular weight excluding hydrogens is 1010 g/mol. The van der Waals surface area contributed by atoms with Crippen molar-refractivity contribution in [2.24, 2.45) is 0 Å². The van der Waals surface area contributed by atoms with E-state index in [1.807, 2.05) is 52.0 Å². The van der Waals surface area contributed by atoms with Crippen LogP contribution in [-0.2, 0) is 0 Å². The molecule has 0 saturated carbocycles.